The molecular formula is C12H15FO2. The smallest absolute Gasteiger partial charge is 0.124 e. The van der Waals surface area contributed by atoms with E-state index in [2.05, 4.69) is 6.92 Å². The largest absolute Gasteiger partial charge is 0.493 e. The Labute approximate surface area is 89.1 Å². The Morgan fingerprint density at radius 2 is 2.27 bits per heavy atom. The van der Waals surface area contributed by atoms with E-state index in [4.69, 9.17) is 4.74 Å². The van der Waals surface area contributed by atoms with Crippen molar-refractivity contribution in [3.8, 4) is 5.75 Å². The van der Waals surface area contributed by atoms with E-state index >= 15 is 0 Å². The summed E-state index contributed by atoms with van der Waals surface area (Å²) in [4.78, 5) is 10.4. The first kappa shape index (κ1) is 11.7. The van der Waals surface area contributed by atoms with Crippen molar-refractivity contribution >= 4 is 6.29 Å². The average Bonchev–Trinajstić information content (AvgIpc) is 2.22. The van der Waals surface area contributed by atoms with Gasteiger partial charge in [0.05, 0.1) is 6.61 Å². The summed E-state index contributed by atoms with van der Waals surface area (Å²) in [6.07, 6.45) is 2.95. The van der Waals surface area contributed by atoms with Crippen LogP contribution in [0.1, 0.15) is 25.3 Å². The third kappa shape index (κ3) is 3.70. The number of ether oxygens (including phenoxy) is 1. The van der Waals surface area contributed by atoms with E-state index < -0.39 is 0 Å². The summed E-state index contributed by atoms with van der Waals surface area (Å²) in [5.74, 6) is 0.270. The Kier molecular flexibility index (Phi) is 4.81. The predicted molar refractivity (Wildman–Crippen MR) is 56.6 cm³/mol. The van der Waals surface area contributed by atoms with Crippen molar-refractivity contribution < 1.29 is 13.9 Å². The van der Waals surface area contributed by atoms with Gasteiger partial charge < -0.3 is 9.53 Å². The highest BCUT2D eigenvalue weighted by Crippen LogP contribution is 2.20. The molecule has 3 heteroatoms. The van der Waals surface area contributed by atoms with Crippen LogP contribution in [0.4, 0.5) is 4.39 Å². The number of hydrogen-bond donors (Lipinski definition) is 0. The van der Waals surface area contributed by atoms with Crippen molar-refractivity contribution in [2.24, 2.45) is 0 Å². The third-order valence-electron chi connectivity index (χ3n) is 2.08. The first-order valence-corrected chi connectivity index (χ1v) is 5.12. The van der Waals surface area contributed by atoms with Gasteiger partial charge >= 0.3 is 0 Å². The number of unbranched alkanes of at least 4 members (excludes halogenated alkanes) is 1. The Morgan fingerprint density at radius 3 is 2.93 bits per heavy atom. The third-order valence-corrected chi connectivity index (χ3v) is 2.08. The van der Waals surface area contributed by atoms with E-state index in [1.165, 1.54) is 12.1 Å². The number of benzene rings is 1. The molecule has 0 aromatic heterocycles. The fourth-order valence-electron chi connectivity index (χ4n) is 1.26. The second-order valence-electron chi connectivity index (χ2n) is 3.32. The van der Waals surface area contributed by atoms with E-state index in [1.807, 2.05) is 0 Å². The molecule has 0 saturated carbocycles. The monoisotopic (exact) mass is 210 g/mol. The molecule has 0 unspecified atom stereocenters. The van der Waals surface area contributed by atoms with Crippen LogP contribution >= 0.6 is 0 Å². The zero-order valence-corrected chi connectivity index (χ0v) is 8.83. The van der Waals surface area contributed by atoms with Gasteiger partial charge in [0.15, 0.2) is 0 Å². The van der Waals surface area contributed by atoms with Crippen LogP contribution in [0.15, 0.2) is 18.2 Å². The van der Waals surface area contributed by atoms with Crippen LogP contribution in [0.25, 0.3) is 0 Å². The summed E-state index contributed by atoms with van der Waals surface area (Å²) in [6, 6.07) is 4.26. The van der Waals surface area contributed by atoms with Gasteiger partial charge in [0.1, 0.15) is 17.9 Å². The number of hydrogen-bond acceptors (Lipinski definition) is 2. The Balaban J connectivity index is 2.71. The highest BCUT2D eigenvalue weighted by Gasteiger charge is 2.04. The van der Waals surface area contributed by atoms with Gasteiger partial charge in [-0.1, -0.05) is 13.3 Å². The topological polar surface area (TPSA) is 26.3 Å². The summed E-state index contributed by atoms with van der Waals surface area (Å²) in [6.45, 7) is 2.67. The van der Waals surface area contributed by atoms with Crippen LogP contribution < -0.4 is 4.74 Å². The highest BCUT2D eigenvalue weighted by molar-refractivity contribution is 5.57. The fraction of sp³-hybridized carbons (Fsp3) is 0.417. The maximum absolute atomic E-state index is 12.9. The molecule has 0 amide bonds. The molecule has 0 bridgehead atoms. The Morgan fingerprint density at radius 1 is 1.47 bits per heavy atom. The van der Waals surface area contributed by atoms with E-state index in [0.29, 0.717) is 17.9 Å². The van der Waals surface area contributed by atoms with Crippen LogP contribution in [0, 0.1) is 5.82 Å². The first-order valence-electron chi connectivity index (χ1n) is 5.12. The minimum absolute atomic E-state index is 0.194. The molecular weight excluding hydrogens is 195 g/mol. The lowest BCUT2D eigenvalue weighted by Gasteiger charge is -2.09. The van der Waals surface area contributed by atoms with Crippen molar-refractivity contribution in [3.63, 3.8) is 0 Å². The lowest BCUT2D eigenvalue weighted by atomic mass is 10.1. The standard InChI is InChI=1S/C12H15FO2/c1-2-3-8-15-12-5-4-11(13)9-10(12)6-7-14/h4-5,7,9H,2-3,6,8H2,1H3. The van der Waals surface area contributed by atoms with Gasteiger partial charge in [0.2, 0.25) is 0 Å². The minimum atomic E-state index is -0.338. The van der Waals surface area contributed by atoms with Gasteiger partial charge in [0.25, 0.3) is 0 Å². The molecule has 0 aliphatic carbocycles. The second kappa shape index (κ2) is 6.17. The highest BCUT2D eigenvalue weighted by atomic mass is 19.1. The molecule has 15 heavy (non-hydrogen) atoms. The zero-order chi connectivity index (χ0) is 11.1. The van der Waals surface area contributed by atoms with Gasteiger partial charge in [-0.05, 0) is 24.6 Å². The number of carbonyl (C=O) groups excluding carboxylic acids is 1. The van der Waals surface area contributed by atoms with Crippen LogP contribution in [0.5, 0.6) is 5.75 Å². The van der Waals surface area contributed by atoms with Crippen molar-refractivity contribution in [3.05, 3.63) is 29.6 Å². The molecule has 0 heterocycles. The first-order chi connectivity index (χ1) is 7.27. The van der Waals surface area contributed by atoms with Crippen molar-refractivity contribution in [2.45, 2.75) is 26.2 Å². The van der Waals surface area contributed by atoms with Crippen molar-refractivity contribution in [2.75, 3.05) is 6.61 Å². The quantitative estimate of drug-likeness (QED) is 0.533. The molecule has 0 atom stereocenters. The normalized spacial score (nSPS) is 10.0. The van der Waals surface area contributed by atoms with E-state index in [1.54, 1.807) is 6.07 Å². The lowest BCUT2D eigenvalue weighted by Crippen LogP contribution is -2.00. The molecule has 1 aromatic rings. The molecule has 0 aliphatic rings. The molecule has 0 spiro atoms. The van der Waals surface area contributed by atoms with Crippen LogP contribution in [0.2, 0.25) is 0 Å². The molecule has 0 fully saturated rings. The average molecular weight is 210 g/mol. The van der Waals surface area contributed by atoms with Crippen LogP contribution in [-0.2, 0) is 11.2 Å². The van der Waals surface area contributed by atoms with Gasteiger partial charge in [0, 0.05) is 12.0 Å². The van der Waals surface area contributed by atoms with Gasteiger partial charge in [-0.25, -0.2) is 4.39 Å². The Hall–Kier alpha value is -1.38. The van der Waals surface area contributed by atoms with Crippen molar-refractivity contribution in [1.29, 1.82) is 0 Å². The second-order valence-corrected chi connectivity index (χ2v) is 3.32. The van der Waals surface area contributed by atoms with Gasteiger partial charge in [-0.2, -0.15) is 0 Å². The molecule has 0 radical (unpaired) electrons. The number of rotatable bonds is 6. The summed E-state index contributed by atoms with van der Waals surface area (Å²) in [5.41, 5.74) is 0.612. The molecule has 82 valence electrons. The molecule has 2 nitrogen and oxygen atoms in total. The van der Waals surface area contributed by atoms with E-state index in [0.717, 1.165) is 19.1 Å². The van der Waals surface area contributed by atoms with Crippen LogP contribution in [-0.4, -0.2) is 12.9 Å². The van der Waals surface area contributed by atoms with E-state index in [9.17, 15) is 9.18 Å². The van der Waals surface area contributed by atoms with Gasteiger partial charge in [-0.3, -0.25) is 0 Å². The lowest BCUT2D eigenvalue weighted by molar-refractivity contribution is -0.107. The minimum Gasteiger partial charge on any atom is -0.493 e. The molecule has 1 aromatic carbocycles. The summed E-state index contributed by atoms with van der Waals surface area (Å²) >= 11 is 0. The number of carbonyl (C=O) groups is 1. The van der Waals surface area contributed by atoms with Gasteiger partial charge in [-0.15, -0.1) is 0 Å². The molecule has 1 rings (SSSR count). The summed E-state index contributed by atoms with van der Waals surface area (Å²) < 4.78 is 18.3. The van der Waals surface area contributed by atoms with Crippen LogP contribution in [0.3, 0.4) is 0 Å². The maximum Gasteiger partial charge on any atom is 0.124 e. The maximum atomic E-state index is 12.9. The zero-order valence-electron chi connectivity index (χ0n) is 8.83. The molecule has 0 aliphatic heterocycles. The number of aldehydes is 1. The van der Waals surface area contributed by atoms with Crippen molar-refractivity contribution in [1.82, 2.24) is 0 Å². The molecule has 0 saturated heterocycles. The SMILES string of the molecule is CCCCOc1ccc(F)cc1CC=O. The Bertz CT molecular complexity index is 323. The predicted octanol–water partition coefficient (Wildman–Crippen LogP) is 2.75. The fourth-order valence-corrected chi connectivity index (χ4v) is 1.26. The van der Waals surface area contributed by atoms with E-state index in [-0.39, 0.29) is 12.2 Å². The molecule has 0 N–H and O–H groups in total. The number of halogens is 1. The summed E-state index contributed by atoms with van der Waals surface area (Å²) in [5, 5.41) is 0. The summed E-state index contributed by atoms with van der Waals surface area (Å²) in [7, 11) is 0.